The molecule has 74 valence electrons. The summed E-state index contributed by atoms with van der Waals surface area (Å²) in [6.07, 6.45) is 0.864. The molecule has 1 heterocycles. The molecule has 0 aliphatic heterocycles. The van der Waals surface area contributed by atoms with Crippen molar-refractivity contribution in [3.8, 4) is 0 Å². The van der Waals surface area contributed by atoms with Crippen molar-refractivity contribution in [3.05, 3.63) is 22.1 Å². The van der Waals surface area contributed by atoms with Crippen molar-refractivity contribution in [2.45, 2.75) is 13.3 Å². The van der Waals surface area contributed by atoms with Crippen LogP contribution in [-0.4, -0.2) is 15.9 Å². The highest BCUT2D eigenvalue weighted by atomic mass is 16.1. The van der Waals surface area contributed by atoms with Crippen LogP contribution in [-0.2, 0) is 20.5 Å². The fraction of sp³-hybridized carbons (Fsp3) is 0.667. The molecule has 1 atom stereocenters. The van der Waals surface area contributed by atoms with Gasteiger partial charge in [-0.3, -0.25) is 14.2 Å². The first-order valence-corrected chi connectivity index (χ1v) is 4.48. The van der Waals surface area contributed by atoms with E-state index in [0.29, 0.717) is 12.5 Å². The Morgan fingerprint density at radius 3 is 2.46 bits per heavy atom. The number of aromatic nitrogens is 2. The average molecular weight is 183 g/mol. The lowest BCUT2D eigenvalue weighted by Gasteiger charge is -2.09. The first kappa shape index (κ1) is 10.1. The molecule has 4 nitrogen and oxygen atoms in total. The lowest BCUT2D eigenvalue weighted by atomic mass is 10.1. The van der Waals surface area contributed by atoms with Crippen molar-refractivity contribution >= 4 is 0 Å². The van der Waals surface area contributed by atoms with Crippen LogP contribution in [0.15, 0.2) is 10.9 Å². The first-order chi connectivity index (χ1) is 6.06. The Balaban J connectivity index is 2.90. The van der Waals surface area contributed by atoms with Crippen LogP contribution in [0.5, 0.6) is 0 Å². The molecule has 1 rings (SSSR count). The summed E-state index contributed by atoms with van der Waals surface area (Å²) in [5, 5.41) is 0. The summed E-state index contributed by atoms with van der Waals surface area (Å²) in [5.74, 6) is 0.424. The van der Waals surface area contributed by atoms with E-state index in [1.165, 1.54) is 0 Å². The second kappa shape index (κ2) is 3.79. The zero-order valence-corrected chi connectivity index (χ0v) is 8.45. The van der Waals surface area contributed by atoms with Crippen molar-refractivity contribution < 1.29 is 0 Å². The van der Waals surface area contributed by atoms with Crippen molar-refractivity contribution in [2.75, 3.05) is 6.54 Å². The fourth-order valence-electron chi connectivity index (χ4n) is 1.30. The molecule has 4 heteroatoms. The molecule has 0 aromatic carbocycles. The smallest absolute Gasteiger partial charge is 0.266 e. The normalized spacial score (nSPS) is 13.2. The molecule has 0 bridgehead atoms. The zero-order valence-electron chi connectivity index (χ0n) is 8.45. The number of rotatable bonds is 3. The van der Waals surface area contributed by atoms with Gasteiger partial charge in [0.15, 0.2) is 0 Å². The maximum Gasteiger partial charge on any atom is 0.266 e. The van der Waals surface area contributed by atoms with Gasteiger partial charge in [-0.15, -0.1) is 0 Å². The van der Waals surface area contributed by atoms with Crippen molar-refractivity contribution in [1.29, 1.82) is 0 Å². The Bertz CT molecular complexity index is 337. The summed E-state index contributed by atoms with van der Waals surface area (Å²) in [6.45, 7) is 2.74. The molecule has 0 saturated carbocycles. The topological polar surface area (TPSA) is 53.0 Å². The highest BCUT2D eigenvalue weighted by molar-refractivity contribution is 5.02. The summed E-state index contributed by atoms with van der Waals surface area (Å²) >= 11 is 0. The molecule has 0 aliphatic carbocycles. The predicted octanol–water partition coefficient (Wildman–Crippen LogP) is -0.139. The molecular weight excluding hydrogens is 166 g/mol. The van der Waals surface area contributed by atoms with Gasteiger partial charge in [-0.25, -0.2) is 0 Å². The number of hydrogen-bond donors (Lipinski definition) is 1. The lowest BCUT2D eigenvalue weighted by Crippen LogP contribution is -2.18. The van der Waals surface area contributed by atoms with Crippen LogP contribution < -0.4 is 11.3 Å². The highest BCUT2D eigenvalue weighted by Crippen LogP contribution is 2.04. The molecule has 2 N–H and O–H groups in total. The largest absolute Gasteiger partial charge is 0.330 e. The van der Waals surface area contributed by atoms with Crippen LogP contribution in [0.4, 0.5) is 0 Å². The summed E-state index contributed by atoms with van der Waals surface area (Å²) < 4.78 is 3.47. The zero-order chi connectivity index (χ0) is 10.0. The Morgan fingerprint density at radius 2 is 2.08 bits per heavy atom. The number of nitrogens with zero attached hydrogens (tertiary/aromatic N) is 2. The van der Waals surface area contributed by atoms with E-state index in [2.05, 4.69) is 6.92 Å². The standard InChI is InChI=1S/C9H17N3O/c1-7(6-10)4-8-5-9(13)12(3)11(8)2/h5,7H,4,6,10H2,1-3H3. The van der Waals surface area contributed by atoms with Gasteiger partial charge < -0.3 is 5.73 Å². The minimum absolute atomic E-state index is 0.0433. The second-order valence-corrected chi connectivity index (χ2v) is 3.57. The molecule has 13 heavy (non-hydrogen) atoms. The van der Waals surface area contributed by atoms with Crippen LogP contribution in [0, 0.1) is 5.92 Å². The maximum atomic E-state index is 11.2. The van der Waals surface area contributed by atoms with Gasteiger partial charge >= 0.3 is 0 Å². The Hall–Kier alpha value is -1.03. The third-order valence-electron chi connectivity index (χ3n) is 2.43. The van der Waals surface area contributed by atoms with Gasteiger partial charge in [-0.1, -0.05) is 6.92 Å². The average Bonchev–Trinajstić information content (AvgIpc) is 2.34. The molecule has 0 fully saturated rings. The fourth-order valence-corrected chi connectivity index (χ4v) is 1.30. The summed E-state index contributed by atoms with van der Waals surface area (Å²) in [4.78, 5) is 11.2. The van der Waals surface area contributed by atoms with E-state index < -0.39 is 0 Å². The summed E-state index contributed by atoms with van der Waals surface area (Å²) in [7, 11) is 3.65. The second-order valence-electron chi connectivity index (χ2n) is 3.57. The minimum Gasteiger partial charge on any atom is -0.330 e. The monoisotopic (exact) mass is 183 g/mol. The van der Waals surface area contributed by atoms with E-state index in [1.807, 2.05) is 11.7 Å². The van der Waals surface area contributed by atoms with Gasteiger partial charge in [0, 0.05) is 25.9 Å². The quantitative estimate of drug-likeness (QED) is 0.709. The van der Waals surface area contributed by atoms with Crippen molar-refractivity contribution in [2.24, 2.45) is 25.7 Å². The van der Waals surface area contributed by atoms with E-state index in [4.69, 9.17) is 5.73 Å². The van der Waals surface area contributed by atoms with E-state index in [0.717, 1.165) is 12.1 Å². The van der Waals surface area contributed by atoms with Crippen LogP contribution in [0.2, 0.25) is 0 Å². The molecule has 1 aromatic heterocycles. The molecule has 0 aliphatic rings. The van der Waals surface area contributed by atoms with Crippen LogP contribution >= 0.6 is 0 Å². The molecular formula is C9H17N3O. The van der Waals surface area contributed by atoms with Gasteiger partial charge in [0.25, 0.3) is 5.56 Å². The van der Waals surface area contributed by atoms with E-state index in [9.17, 15) is 4.79 Å². The third kappa shape index (κ3) is 2.01. The summed E-state index contributed by atoms with van der Waals surface area (Å²) in [6, 6.07) is 1.67. The van der Waals surface area contributed by atoms with Gasteiger partial charge in [0.05, 0.1) is 0 Å². The van der Waals surface area contributed by atoms with Crippen molar-refractivity contribution in [1.82, 2.24) is 9.36 Å². The maximum absolute atomic E-state index is 11.2. The van der Waals surface area contributed by atoms with E-state index in [-0.39, 0.29) is 5.56 Å². The Morgan fingerprint density at radius 1 is 1.46 bits per heavy atom. The number of hydrogen-bond acceptors (Lipinski definition) is 2. The first-order valence-electron chi connectivity index (χ1n) is 4.48. The Labute approximate surface area is 77.9 Å². The summed E-state index contributed by atoms with van der Waals surface area (Å²) in [5.41, 5.74) is 6.61. The number of nitrogens with two attached hydrogens (primary N) is 1. The van der Waals surface area contributed by atoms with E-state index in [1.54, 1.807) is 17.8 Å². The van der Waals surface area contributed by atoms with Gasteiger partial charge in [-0.2, -0.15) is 0 Å². The SMILES string of the molecule is CC(CN)Cc1cc(=O)n(C)n1C. The molecule has 0 saturated heterocycles. The van der Waals surface area contributed by atoms with E-state index >= 15 is 0 Å². The molecule has 0 radical (unpaired) electrons. The van der Waals surface area contributed by atoms with Gasteiger partial charge in [-0.05, 0) is 18.9 Å². The minimum atomic E-state index is 0.0433. The Kier molecular flexibility index (Phi) is 2.93. The predicted molar refractivity (Wildman–Crippen MR) is 52.6 cm³/mol. The van der Waals surface area contributed by atoms with Gasteiger partial charge in [0.2, 0.25) is 0 Å². The van der Waals surface area contributed by atoms with Crippen molar-refractivity contribution in [3.63, 3.8) is 0 Å². The van der Waals surface area contributed by atoms with Gasteiger partial charge in [0.1, 0.15) is 0 Å². The third-order valence-corrected chi connectivity index (χ3v) is 2.43. The van der Waals surface area contributed by atoms with Crippen LogP contribution in [0.3, 0.4) is 0 Å². The molecule has 1 aromatic rings. The van der Waals surface area contributed by atoms with Crippen LogP contribution in [0.1, 0.15) is 12.6 Å². The molecule has 1 unspecified atom stereocenters. The van der Waals surface area contributed by atoms with Crippen LogP contribution in [0.25, 0.3) is 0 Å². The lowest BCUT2D eigenvalue weighted by molar-refractivity contribution is 0.514. The molecule has 0 amide bonds. The molecule has 0 spiro atoms. The highest BCUT2D eigenvalue weighted by Gasteiger charge is 2.07.